The molecule has 0 unspecified atom stereocenters. The predicted molar refractivity (Wildman–Crippen MR) is 53.5 cm³/mol. The van der Waals surface area contributed by atoms with Crippen LogP contribution in [0.1, 0.15) is 5.56 Å². The molecule has 1 heterocycles. The highest BCUT2D eigenvalue weighted by atomic mass is 32.1. The molecule has 0 atom stereocenters. The average Bonchev–Trinajstić information content (AvgIpc) is 2.51. The van der Waals surface area contributed by atoms with Gasteiger partial charge in [-0.15, -0.1) is 17.9 Å². The zero-order chi connectivity index (χ0) is 8.39. The van der Waals surface area contributed by atoms with Gasteiger partial charge in [-0.05, 0) is 24.1 Å². The number of hydrogen-bond donors (Lipinski definition) is 0. The van der Waals surface area contributed by atoms with Crippen LogP contribution in [-0.2, 0) is 6.42 Å². The van der Waals surface area contributed by atoms with Gasteiger partial charge in [0.05, 0.1) is 15.7 Å². The third kappa shape index (κ3) is 1.25. The van der Waals surface area contributed by atoms with Gasteiger partial charge in [0.2, 0.25) is 0 Å². The van der Waals surface area contributed by atoms with Gasteiger partial charge >= 0.3 is 0 Å². The van der Waals surface area contributed by atoms with Gasteiger partial charge in [-0.2, -0.15) is 0 Å². The van der Waals surface area contributed by atoms with E-state index in [1.807, 2.05) is 11.6 Å². The van der Waals surface area contributed by atoms with Crippen molar-refractivity contribution in [3.05, 3.63) is 41.9 Å². The highest BCUT2D eigenvalue weighted by molar-refractivity contribution is 7.16. The van der Waals surface area contributed by atoms with Crippen molar-refractivity contribution < 1.29 is 0 Å². The van der Waals surface area contributed by atoms with Crippen LogP contribution in [0.2, 0.25) is 0 Å². The van der Waals surface area contributed by atoms with Crippen molar-refractivity contribution >= 4 is 21.6 Å². The molecule has 0 saturated carbocycles. The number of thiazole rings is 1. The van der Waals surface area contributed by atoms with Gasteiger partial charge in [0, 0.05) is 0 Å². The Balaban J connectivity index is 2.52. The van der Waals surface area contributed by atoms with E-state index in [1.165, 1.54) is 10.3 Å². The zero-order valence-corrected chi connectivity index (χ0v) is 7.47. The molecule has 60 valence electrons. The second-order valence-corrected chi connectivity index (χ2v) is 3.53. The van der Waals surface area contributed by atoms with Crippen LogP contribution in [0.3, 0.4) is 0 Å². The lowest BCUT2D eigenvalue weighted by molar-refractivity contribution is 1.28. The van der Waals surface area contributed by atoms with Gasteiger partial charge in [-0.25, -0.2) is 4.98 Å². The van der Waals surface area contributed by atoms with Crippen molar-refractivity contribution in [3.8, 4) is 0 Å². The number of fused-ring (bicyclic) bond motifs is 1. The van der Waals surface area contributed by atoms with Crippen LogP contribution >= 0.6 is 11.3 Å². The lowest BCUT2D eigenvalue weighted by Gasteiger charge is -1.94. The minimum Gasteiger partial charge on any atom is -0.245 e. The fourth-order valence-electron chi connectivity index (χ4n) is 1.20. The molecule has 0 aliphatic heterocycles. The summed E-state index contributed by atoms with van der Waals surface area (Å²) >= 11 is 1.68. The third-order valence-electron chi connectivity index (χ3n) is 1.77. The largest absolute Gasteiger partial charge is 0.245 e. The molecule has 0 aliphatic rings. The molecule has 1 aromatic heterocycles. The molecule has 12 heavy (non-hydrogen) atoms. The molecular formula is C10H9NS. The molecule has 0 fully saturated rings. The fraction of sp³-hybridized carbons (Fsp3) is 0.100. The highest BCUT2D eigenvalue weighted by Gasteiger charge is 1.96. The first-order valence-electron chi connectivity index (χ1n) is 3.83. The van der Waals surface area contributed by atoms with Crippen molar-refractivity contribution in [1.29, 1.82) is 0 Å². The van der Waals surface area contributed by atoms with Gasteiger partial charge < -0.3 is 0 Å². The standard InChI is InChI=1S/C10H9NS/c1-2-3-8-4-5-10-9(6-8)11-7-12-10/h2,4-7H,1,3H2. The molecule has 1 aromatic carbocycles. The molecule has 0 saturated heterocycles. The second-order valence-electron chi connectivity index (χ2n) is 2.65. The minimum atomic E-state index is 0.924. The van der Waals surface area contributed by atoms with Crippen LogP contribution in [0, 0.1) is 0 Å². The lowest BCUT2D eigenvalue weighted by atomic mass is 10.1. The summed E-state index contributed by atoms with van der Waals surface area (Å²) in [6.07, 6.45) is 2.83. The Morgan fingerprint density at radius 1 is 1.50 bits per heavy atom. The highest BCUT2D eigenvalue weighted by Crippen LogP contribution is 2.18. The van der Waals surface area contributed by atoms with E-state index in [-0.39, 0.29) is 0 Å². The maximum absolute atomic E-state index is 4.25. The van der Waals surface area contributed by atoms with Crippen LogP contribution in [0.25, 0.3) is 10.2 Å². The Morgan fingerprint density at radius 2 is 2.42 bits per heavy atom. The monoisotopic (exact) mass is 175 g/mol. The maximum Gasteiger partial charge on any atom is 0.0814 e. The summed E-state index contributed by atoms with van der Waals surface area (Å²) in [4.78, 5) is 4.25. The lowest BCUT2D eigenvalue weighted by Crippen LogP contribution is -1.78. The van der Waals surface area contributed by atoms with E-state index in [1.54, 1.807) is 11.3 Å². The Hall–Kier alpha value is -1.15. The fourth-order valence-corrected chi connectivity index (χ4v) is 1.86. The molecule has 0 amide bonds. The van der Waals surface area contributed by atoms with Gasteiger partial charge in [-0.3, -0.25) is 0 Å². The van der Waals surface area contributed by atoms with Gasteiger partial charge in [0.25, 0.3) is 0 Å². The summed E-state index contributed by atoms with van der Waals surface area (Å²) in [7, 11) is 0. The van der Waals surface area contributed by atoms with E-state index >= 15 is 0 Å². The summed E-state index contributed by atoms with van der Waals surface area (Å²) < 4.78 is 1.25. The van der Waals surface area contributed by atoms with Crippen molar-refractivity contribution in [2.75, 3.05) is 0 Å². The van der Waals surface area contributed by atoms with E-state index in [4.69, 9.17) is 0 Å². The molecule has 2 aromatic rings. The van der Waals surface area contributed by atoms with Crippen molar-refractivity contribution in [2.24, 2.45) is 0 Å². The van der Waals surface area contributed by atoms with E-state index in [0.717, 1.165) is 11.9 Å². The number of hydrogen-bond acceptors (Lipinski definition) is 2. The molecule has 0 spiro atoms. The van der Waals surface area contributed by atoms with Crippen LogP contribution in [0.15, 0.2) is 36.4 Å². The van der Waals surface area contributed by atoms with Gasteiger partial charge in [0.1, 0.15) is 0 Å². The van der Waals surface area contributed by atoms with Gasteiger partial charge in [-0.1, -0.05) is 12.1 Å². The summed E-state index contributed by atoms with van der Waals surface area (Å²) in [5.74, 6) is 0. The number of benzene rings is 1. The number of rotatable bonds is 2. The van der Waals surface area contributed by atoms with Gasteiger partial charge in [0.15, 0.2) is 0 Å². The first-order chi connectivity index (χ1) is 5.90. The molecule has 1 nitrogen and oxygen atoms in total. The van der Waals surface area contributed by atoms with Crippen LogP contribution in [0.5, 0.6) is 0 Å². The minimum absolute atomic E-state index is 0.924. The molecular weight excluding hydrogens is 166 g/mol. The van der Waals surface area contributed by atoms with Crippen LogP contribution in [-0.4, -0.2) is 4.98 Å². The van der Waals surface area contributed by atoms with Crippen LogP contribution in [0.4, 0.5) is 0 Å². The Bertz CT molecular complexity index is 403. The first kappa shape index (κ1) is 7.50. The number of allylic oxidation sites excluding steroid dienone is 1. The normalized spacial score (nSPS) is 10.3. The van der Waals surface area contributed by atoms with Crippen molar-refractivity contribution in [3.63, 3.8) is 0 Å². The van der Waals surface area contributed by atoms with Crippen molar-refractivity contribution in [1.82, 2.24) is 4.98 Å². The number of nitrogens with zero attached hydrogens (tertiary/aromatic N) is 1. The second kappa shape index (κ2) is 3.07. The quantitative estimate of drug-likeness (QED) is 0.639. The molecule has 0 N–H and O–H groups in total. The summed E-state index contributed by atoms with van der Waals surface area (Å²) in [5.41, 5.74) is 4.25. The first-order valence-corrected chi connectivity index (χ1v) is 4.71. The summed E-state index contributed by atoms with van der Waals surface area (Å²) in [6.45, 7) is 3.71. The van der Waals surface area contributed by atoms with Crippen molar-refractivity contribution in [2.45, 2.75) is 6.42 Å². The molecule has 0 radical (unpaired) electrons. The Kier molecular flexibility index (Phi) is 1.92. The molecule has 0 aliphatic carbocycles. The topological polar surface area (TPSA) is 12.9 Å². The van der Waals surface area contributed by atoms with E-state index < -0.39 is 0 Å². The molecule has 2 heteroatoms. The average molecular weight is 175 g/mol. The smallest absolute Gasteiger partial charge is 0.0814 e. The van der Waals surface area contributed by atoms with Crippen LogP contribution < -0.4 is 0 Å². The van der Waals surface area contributed by atoms with E-state index in [2.05, 4.69) is 29.8 Å². The van der Waals surface area contributed by atoms with E-state index in [0.29, 0.717) is 0 Å². The SMILES string of the molecule is C=CCc1ccc2scnc2c1. The molecule has 2 rings (SSSR count). The number of aromatic nitrogens is 1. The zero-order valence-electron chi connectivity index (χ0n) is 6.66. The van der Waals surface area contributed by atoms with E-state index in [9.17, 15) is 0 Å². The maximum atomic E-state index is 4.25. The predicted octanol–water partition coefficient (Wildman–Crippen LogP) is 3.02. The third-order valence-corrected chi connectivity index (χ3v) is 2.58. The summed E-state index contributed by atoms with van der Waals surface area (Å²) in [5, 5.41) is 0. The Labute approximate surface area is 75.4 Å². The Morgan fingerprint density at radius 3 is 3.25 bits per heavy atom. The molecule has 0 bridgehead atoms. The summed E-state index contributed by atoms with van der Waals surface area (Å²) in [6, 6.07) is 6.36.